The standard InChI is InChI=1S/C13H18N2O3/c1-7(2)11-12(17)10(13(18)15-11)9(14)6-4-5-8(3)16/h4,6,8,14,16-17H,5H2,1-3H3,(H,15,18)/b6-4-,14-9?/t8-/m0/s1. The highest BCUT2D eigenvalue weighted by Gasteiger charge is 2.29. The van der Waals surface area contributed by atoms with E-state index in [1.54, 1.807) is 26.8 Å². The summed E-state index contributed by atoms with van der Waals surface area (Å²) in [7, 11) is 0. The zero-order valence-electron chi connectivity index (χ0n) is 10.7. The third kappa shape index (κ3) is 3.07. The molecule has 1 heterocycles. The van der Waals surface area contributed by atoms with E-state index in [-0.39, 0.29) is 17.0 Å². The van der Waals surface area contributed by atoms with Crippen LogP contribution < -0.4 is 5.32 Å². The first kappa shape index (κ1) is 14.2. The first-order valence-electron chi connectivity index (χ1n) is 5.70. The van der Waals surface area contributed by atoms with Crippen molar-refractivity contribution in [3.8, 4) is 0 Å². The molecule has 1 aliphatic rings. The van der Waals surface area contributed by atoms with Crippen molar-refractivity contribution in [2.45, 2.75) is 33.3 Å². The molecule has 1 amide bonds. The van der Waals surface area contributed by atoms with Crippen LogP contribution in [0.1, 0.15) is 27.2 Å². The van der Waals surface area contributed by atoms with Gasteiger partial charge in [0.1, 0.15) is 5.57 Å². The predicted molar refractivity (Wildman–Crippen MR) is 69.3 cm³/mol. The normalized spacial score (nSPS) is 17.3. The maximum Gasteiger partial charge on any atom is 0.261 e. The van der Waals surface area contributed by atoms with E-state index < -0.39 is 12.0 Å². The Bertz CT molecular complexity index is 467. The van der Waals surface area contributed by atoms with Gasteiger partial charge in [-0.15, -0.1) is 0 Å². The van der Waals surface area contributed by atoms with Gasteiger partial charge in [-0.3, -0.25) is 10.2 Å². The van der Waals surface area contributed by atoms with Crippen molar-refractivity contribution in [1.82, 2.24) is 5.32 Å². The van der Waals surface area contributed by atoms with Gasteiger partial charge in [0.05, 0.1) is 17.5 Å². The molecule has 0 radical (unpaired) electrons. The zero-order valence-corrected chi connectivity index (χ0v) is 10.7. The zero-order chi connectivity index (χ0) is 13.9. The van der Waals surface area contributed by atoms with Crippen LogP contribution in [0.3, 0.4) is 0 Å². The monoisotopic (exact) mass is 250 g/mol. The van der Waals surface area contributed by atoms with Crippen molar-refractivity contribution in [2.24, 2.45) is 0 Å². The molecule has 0 fully saturated rings. The van der Waals surface area contributed by atoms with E-state index in [9.17, 15) is 9.90 Å². The van der Waals surface area contributed by atoms with Gasteiger partial charge < -0.3 is 15.5 Å². The fourth-order valence-corrected chi connectivity index (χ4v) is 1.55. The van der Waals surface area contributed by atoms with Crippen molar-refractivity contribution >= 4 is 11.6 Å². The van der Waals surface area contributed by atoms with Crippen LogP contribution in [-0.2, 0) is 4.79 Å². The number of rotatable bonds is 4. The fourth-order valence-electron chi connectivity index (χ4n) is 1.55. The Morgan fingerprint density at radius 3 is 2.56 bits per heavy atom. The molecule has 18 heavy (non-hydrogen) atoms. The minimum atomic E-state index is -0.498. The molecule has 4 N–H and O–H groups in total. The maximum absolute atomic E-state index is 11.7. The smallest absolute Gasteiger partial charge is 0.261 e. The summed E-state index contributed by atoms with van der Waals surface area (Å²) in [6.07, 6.45) is 2.91. The van der Waals surface area contributed by atoms with Gasteiger partial charge in [-0.1, -0.05) is 6.08 Å². The van der Waals surface area contributed by atoms with Crippen molar-refractivity contribution in [3.05, 3.63) is 34.8 Å². The highest BCUT2D eigenvalue weighted by atomic mass is 16.3. The Morgan fingerprint density at radius 2 is 2.11 bits per heavy atom. The molecule has 1 rings (SSSR count). The van der Waals surface area contributed by atoms with E-state index in [4.69, 9.17) is 10.5 Å². The minimum Gasteiger partial charge on any atom is -0.505 e. The van der Waals surface area contributed by atoms with E-state index in [2.05, 4.69) is 5.32 Å². The molecule has 0 unspecified atom stereocenters. The summed E-state index contributed by atoms with van der Waals surface area (Å²) in [5.74, 6) is -0.665. The van der Waals surface area contributed by atoms with Crippen LogP contribution in [0.15, 0.2) is 34.8 Å². The number of allylic oxidation sites excluding steroid dienone is 2. The summed E-state index contributed by atoms with van der Waals surface area (Å²) in [6.45, 7) is 5.16. The number of amides is 1. The lowest BCUT2D eigenvalue weighted by molar-refractivity contribution is -0.115. The van der Waals surface area contributed by atoms with Gasteiger partial charge in [0.25, 0.3) is 5.91 Å². The molecular weight excluding hydrogens is 232 g/mol. The number of aliphatic hydroxyl groups is 2. The van der Waals surface area contributed by atoms with E-state index in [0.29, 0.717) is 12.1 Å². The molecule has 0 bridgehead atoms. The molecule has 0 saturated heterocycles. The second-order valence-electron chi connectivity index (χ2n) is 4.45. The molecule has 0 aromatic heterocycles. The summed E-state index contributed by atoms with van der Waals surface area (Å²) >= 11 is 0. The van der Waals surface area contributed by atoms with Gasteiger partial charge in [-0.2, -0.15) is 0 Å². The molecule has 0 aliphatic carbocycles. The highest BCUT2D eigenvalue weighted by molar-refractivity contribution is 6.27. The van der Waals surface area contributed by atoms with Gasteiger partial charge >= 0.3 is 0 Å². The maximum atomic E-state index is 11.7. The lowest BCUT2D eigenvalue weighted by atomic mass is 10.1. The molecule has 1 atom stereocenters. The Balaban J connectivity index is 2.95. The highest BCUT2D eigenvalue weighted by Crippen LogP contribution is 2.22. The second kappa shape index (κ2) is 5.64. The van der Waals surface area contributed by atoms with Crippen LogP contribution in [0.4, 0.5) is 0 Å². The Labute approximate surface area is 106 Å². The minimum absolute atomic E-state index is 0.0342. The van der Waals surface area contributed by atoms with Crippen LogP contribution in [0, 0.1) is 5.41 Å². The van der Waals surface area contributed by atoms with Crippen LogP contribution in [0.5, 0.6) is 0 Å². The SMILES string of the molecule is CC(C)=C1NC(=O)C(C(=N)/C=C\C[C@H](C)O)=C1O. The summed E-state index contributed by atoms with van der Waals surface area (Å²) in [6, 6.07) is 0. The third-order valence-electron chi connectivity index (χ3n) is 2.47. The molecule has 1 aliphatic heterocycles. The predicted octanol–water partition coefficient (Wildman–Crippen LogP) is 1.57. The number of hydrogen-bond acceptors (Lipinski definition) is 4. The number of hydrogen-bond donors (Lipinski definition) is 4. The van der Waals surface area contributed by atoms with Crippen molar-refractivity contribution in [1.29, 1.82) is 5.41 Å². The number of nitrogens with one attached hydrogen (secondary N) is 2. The fraction of sp³-hybridized carbons (Fsp3) is 0.385. The van der Waals surface area contributed by atoms with Crippen molar-refractivity contribution in [2.75, 3.05) is 0 Å². The summed E-state index contributed by atoms with van der Waals surface area (Å²) in [5, 5.41) is 29.2. The Kier molecular flexibility index (Phi) is 4.44. The molecule has 5 heteroatoms. The van der Waals surface area contributed by atoms with Crippen LogP contribution in [0.25, 0.3) is 0 Å². The van der Waals surface area contributed by atoms with Crippen molar-refractivity contribution < 1.29 is 15.0 Å². The van der Waals surface area contributed by atoms with Crippen LogP contribution >= 0.6 is 0 Å². The number of aliphatic hydroxyl groups excluding tert-OH is 2. The van der Waals surface area contributed by atoms with Gasteiger partial charge in [0, 0.05) is 0 Å². The molecule has 5 nitrogen and oxygen atoms in total. The Morgan fingerprint density at radius 1 is 1.50 bits per heavy atom. The number of carbonyl (C=O) groups is 1. The second-order valence-corrected chi connectivity index (χ2v) is 4.45. The molecular formula is C13H18N2O3. The first-order valence-corrected chi connectivity index (χ1v) is 5.70. The lowest BCUT2D eigenvalue weighted by Gasteiger charge is -2.00. The topological polar surface area (TPSA) is 93.4 Å². The van der Waals surface area contributed by atoms with E-state index in [0.717, 1.165) is 5.57 Å². The Hall–Kier alpha value is -1.88. The molecule has 0 aromatic rings. The van der Waals surface area contributed by atoms with Gasteiger partial charge in [-0.05, 0) is 38.8 Å². The first-order chi connectivity index (χ1) is 8.34. The summed E-state index contributed by atoms with van der Waals surface area (Å²) in [4.78, 5) is 11.7. The van der Waals surface area contributed by atoms with Gasteiger partial charge in [-0.25, -0.2) is 0 Å². The third-order valence-corrected chi connectivity index (χ3v) is 2.47. The molecule has 0 spiro atoms. The largest absolute Gasteiger partial charge is 0.505 e. The molecule has 0 aromatic carbocycles. The van der Waals surface area contributed by atoms with Crippen LogP contribution in [-0.4, -0.2) is 27.9 Å². The number of carbonyl (C=O) groups excluding carboxylic acids is 1. The molecule has 0 saturated carbocycles. The van der Waals surface area contributed by atoms with E-state index in [1.165, 1.54) is 6.08 Å². The summed E-state index contributed by atoms with van der Waals surface area (Å²) in [5.41, 5.74) is 1.04. The average molecular weight is 250 g/mol. The quantitative estimate of drug-likeness (QED) is 0.570. The summed E-state index contributed by atoms with van der Waals surface area (Å²) < 4.78 is 0. The van der Waals surface area contributed by atoms with E-state index >= 15 is 0 Å². The lowest BCUT2D eigenvalue weighted by Crippen LogP contribution is -2.19. The molecule has 98 valence electrons. The average Bonchev–Trinajstić information content (AvgIpc) is 2.53. The van der Waals surface area contributed by atoms with Gasteiger partial charge in [0.2, 0.25) is 0 Å². The van der Waals surface area contributed by atoms with Gasteiger partial charge in [0.15, 0.2) is 5.76 Å². The van der Waals surface area contributed by atoms with E-state index in [1.807, 2.05) is 0 Å². The van der Waals surface area contributed by atoms with Crippen molar-refractivity contribution in [3.63, 3.8) is 0 Å². The van der Waals surface area contributed by atoms with Crippen LogP contribution in [0.2, 0.25) is 0 Å².